The second-order valence-electron chi connectivity index (χ2n) is 4.54. The van der Waals surface area contributed by atoms with Crippen LogP contribution in [0.1, 0.15) is 13.3 Å². The minimum atomic E-state index is -1.87. The van der Waals surface area contributed by atoms with Gasteiger partial charge in [0, 0.05) is 5.50 Å². The maximum atomic E-state index is 9.07. The second kappa shape index (κ2) is 8.01. The molecule has 0 bridgehead atoms. The highest BCUT2D eigenvalue weighted by Gasteiger charge is 2.28. The second-order valence-corrected chi connectivity index (χ2v) is 9.36. The monoisotopic (exact) mass is 285 g/mol. The Kier molecular flexibility index (Phi) is 7.49. The first-order valence-electron chi connectivity index (χ1n) is 5.39. The fourth-order valence-electron chi connectivity index (χ4n) is 1.40. The number of nitrogens with zero attached hydrogens (tertiary/aromatic N) is 1. The number of hydrogen-bond acceptors (Lipinski definition) is 4. The van der Waals surface area contributed by atoms with Crippen molar-refractivity contribution >= 4 is 26.1 Å². The Morgan fingerprint density at radius 1 is 1.50 bits per heavy atom. The van der Waals surface area contributed by atoms with Crippen LogP contribution < -0.4 is 0 Å². The lowest BCUT2D eigenvalue weighted by Crippen LogP contribution is -2.38. The van der Waals surface area contributed by atoms with E-state index in [1.165, 1.54) is 5.57 Å². The summed E-state index contributed by atoms with van der Waals surface area (Å²) < 4.78 is 5.81. The highest BCUT2D eigenvalue weighted by atomic mass is 35.5. The number of halogens is 1. The molecule has 0 amide bonds. The standard InChI is InChI=1S/C11H16ClNOSi.CO2/c1-9-4-5-10(6-9)11(7-13)14-15(2,3)8-12;2-1-3/h4-5,11H,6,8H2,1-3H3;. The summed E-state index contributed by atoms with van der Waals surface area (Å²) in [7, 11) is -1.87. The zero-order chi connectivity index (χ0) is 14.2. The number of alkyl halides is 1. The highest BCUT2D eigenvalue weighted by Crippen LogP contribution is 2.25. The lowest BCUT2D eigenvalue weighted by atomic mass is 10.1. The van der Waals surface area contributed by atoms with Crippen LogP contribution in [0.25, 0.3) is 0 Å². The lowest BCUT2D eigenvalue weighted by molar-refractivity contribution is -0.191. The summed E-state index contributed by atoms with van der Waals surface area (Å²) in [6.45, 7) is 6.11. The molecule has 0 N–H and O–H groups in total. The van der Waals surface area contributed by atoms with Crippen LogP contribution in [0.2, 0.25) is 13.1 Å². The molecule has 4 nitrogen and oxygen atoms in total. The van der Waals surface area contributed by atoms with Gasteiger partial charge in [-0.05, 0) is 32.0 Å². The van der Waals surface area contributed by atoms with E-state index in [-0.39, 0.29) is 6.15 Å². The summed E-state index contributed by atoms with van der Waals surface area (Å²) in [5, 5.41) is 9.07. The topological polar surface area (TPSA) is 67.2 Å². The summed E-state index contributed by atoms with van der Waals surface area (Å²) in [5.74, 6) is 0. The number of allylic oxidation sites excluding steroid dienone is 3. The van der Waals surface area contributed by atoms with E-state index in [2.05, 4.69) is 13.0 Å². The first-order chi connectivity index (χ1) is 8.40. The van der Waals surface area contributed by atoms with Crippen molar-refractivity contribution in [2.75, 3.05) is 5.50 Å². The molecule has 18 heavy (non-hydrogen) atoms. The van der Waals surface area contributed by atoms with E-state index in [1.807, 2.05) is 25.2 Å². The van der Waals surface area contributed by atoms with Gasteiger partial charge >= 0.3 is 6.15 Å². The van der Waals surface area contributed by atoms with Crippen LogP contribution in [-0.2, 0) is 14.0 Å². The fraction of sp³-hybridized carbons (Fsp3) is 0.500. The summed E-state index contributed by atoms with van der Waals surface area (Å²) in [4.78, 5) is 16.2. The predicted octanol–water partition coefficient (Wildman–Crippen LogP) is 2.57. The third kappa shape index (κ3) is 5.94. The average Bonchev–Trinajstić information content (AvgIpc) is 2.74. The molecule has 0 saturated carbocycles. The van der Waals surface area contributed by atoms with E-state index in [4.69, 9.17) is 30.9 Å². The molecule has 1 aliphatic carbocycles. The molecule has 1 rings (SSSR count). The molecule has 1 atom stereocenters. The van der Waals surface area contributed by atoms with Gasteiger partial charge in [0.1, 0.15) is 0 Å². The van der Waals surface area contributed by atoms with Crippen molar-refractivity contribution < 1.29 is 14.0 Å². The molecule has 0 saturated heterocycles. The van der Waals surface area contributed by atoms with Crippen molar-refractivity contribution in [3.8, 4) is 6.07 Å². The molecule has 0 aromatic heterocycles. The molecule has 6 heteroatoms. The summed E-state index contributed by atoms with van der Waals surface area (Å²) in [6, 6.07) is 2.21. The van der Waals surface area contributed by atoms with Gasteiger partial charge in [-0.2, -0.15) is 14.9 Å². The number of nitriles is 1. The molecule has 0 aromatic rings. The molecule has 98 valence electrons. The quantitative estimate of drug-likeness (QED) is 0.588. The molecular weight excluding hydrogens is 270 g/mol. The third-order valence-corrected chi connectivity index (χ3v) is 5.73. The molecule has 1 aliphatic rings. The van der Waals surface area contributed by atoms with Crippen LogP contribution in [0, 0.1) is 11.3 Å². The van der Waals surface area contributed by atoms with E-state index >= 15 is 0 Å². The van der Waals surface area contributed by atoms with Crippen LogP contribution >= 0.6 is 11.6 Å². The molecule has 0 aromatic carbocycles. The minimum absolute atomic E-state index is 0.250. The first kappa shape index (κ1) is 16.8. The number of rotatable bonds is 4. The van der Waals surface area contributed by atoms with Gasteiger partial charge in [-0.3, -0.25) is 0 Å². The number of hydrogen-bond donors (Lipinski definition) is 0. The third-order valence-electron chi connectivity index (χ3n) is 2.28. The molecule has 0 spiro atoms. The normalized spacial score (nSPS) is 15.5. The maximum Gasteiger partial charge on any atom is 0.373 e. The van der Waals surface area contributed by atoms with Crippen molar-refractivity contribution in [3.63, 3.8) is 0 Å². The lowest BCUT2D eigenvalue weighted by Gasteiger charge is -2.24. The zero-order valence-electron chi connectivity index (χ0n) is 10.7. The van der Waals surface area contributed by atoms with Gasteiger partial charge in [-0.25, -0.2) is 0 Å². The van der Waals surface area contributed by atoms with Gasteiger partial charge in [-0.1, -0.05) is 17.7 Å². The highest BCUT2D eigenvalue weighted by molar-refractivity contribution is 6.77. The summed E-state index contributed by atoms with van der Waals surface area (Å²) in [6.07, 6.45) is 4.71. The van der Waals surface area contributed by atoms with Crippen LogP contribution in [0.4, 0.5) is 0 Å². The fourth-order valence-corrected chi connectivity index (χ4v) is 2.50. The van der Waals surface area contributed by atoms with Crippen molar-refractivity contribution in [3.05, 3.63) is 23.3 Å². The Morgan fingerprint density at radius 3 is 2.39 bits per heavy atom. The Balaban J connectivity index is 0.000000873. The van der Waals surface area contributed by atoms with Crippen molar-refractivity contribution in [2.45, 2.75) is 32.5 Å². The van der Waals surface area contributed by atoms with Gasteiger partial charge in [0.2, 0.25) is 8.32 Å². The molecule has 0 aliphatic heterocycles. The van der Waals surface area contributed by atoms with Crippen molar-refractivity contribution in [1.29, 1.82) is 5.26 Å². The molecule has 0 radical (unpaired) electrons. The Hall–Kier alpha value is -1.18. The minimum Gasteiger partial charge on any atom is -0.397 e. The van der Waals surface area contributed by atoms with E-state index in [0.717, 1.165) is 12.0 Å². The van der Waals surface area contributed by atoms with E-state index in [9.17, 15) is 0 Å². The Morgan fingerprint density at radius 2 is 2.06 bits per heavy atom. The SMILES string of the molecule is CC1=CC=C(C(C#N)O[Si](C)(C)CCl)C1.O=C=O. The van der Waals surface area contributed by atoms with Crippen LogP contribution in [0.3, 0.4) is 0 Å². The number of carbonyl (C=O) groups excluding carboxylic acids is 2. The van der Waals surface area contributed by atoms with E-state index in [0.29, 0.717) is 5.50 Å². The van der Waals surface area contributed by atoms with Crippen molar-refractivity contribution in [1.82, 2.24) is 0 Å². The van der Waals surface area contributed by atoms with E-state index < -0.39 is 14.4 Å². The average molecular weight is 286 g/mol. The predicted molar refractivity (Wildman–Crippen MR) is 70.2 cm³/mol. The van der Waals surface area contributed by atoms with Gasteiger partial charge in [0.15, 0.2) is 6.10 Å². The van der Waals surface area contributed by atoms with Crippen LogP contribution in [0.15, 0.2) is 23.3 Å². The molecule has 1 unspecified atom stereocenters. The van der Waals surface area contributed by atoms with Gasteiger partial charge in [0.05, 0.1) is 6.07 Å². The van der Waals surface area contributed by atoms with Gasteiger partial charge in [0.25, 0.3) is 0 Å². The Labute approximate surface area is 113 Å². The van der Waals surface area contributed by atoms with Gasteiger partial charge in [-0.15, -0.1) is 11.6 Å². The van der Waals surface area contributed by atoms with Gasteiger partial charge < -0.3 is 4.43 Å². The summed E-state index contributed by atoms with van der Waals surface area (Å²) in [5.41, 5.74) is 2.85. The van der Waals surface area contributed by atoms with E-state index in [1.54, 1.807) is 0 Å². The van der Waals surface area contributed by atoms with Crippen LogP contribution in [0.5, 0.6) is 0 Å². The largest absolute Gasteiger partial charge is 0.397 e. The summed E-state index contributed by atoms with van der Waals surface area (Å²) >= 11 is 5.82. The molecule has 0 heterocycles. The van der Waals surface area contributed by atoms with Crippen molar-refractivity contribution in [2.24, 2.45) is 0 Å². The first-order valence-corrected chi connectivity index (χ1v) is 9.04. The Bertz CT molecular complexity index is 418. The smallest absolute Gasteiger partial charge is 0.373 e. The molecular formula is C12H16ClNO3Si. The maximum absolute atomic E-state index is 9.07. The zero-order valence-corrected chi connectivity index (χ0v) is 12.5. The van der Waals surface area contributed by atoms with Crippen LogP contribution in [-0.4, -0.2) is 26.1 Å². The molecule has 0 fully saturated rings.